The van der Waals surface area contributed by atoms with E-state index in [1.54, 1.807) is 27.1 Å². The summed E-state index contributed by atoms with van der Waals surface area (Å²) in [6.45, 7) is 12.1. The molecule has 11 heteroatoms. The average molecular weight is 465 g/mol. The lowest BCUT2D eigenvalue weighted by Gasteiger charge is -2.24. The summed E-state index contributed by atoms with van der Waals surface area (Å²) in [4.78, 5) is 24.9. The van der Waals surface area contributed by atoms with Gasteiger partial charge in [-0.25, -0.2) is 19.5 Å². The Labute approximate surface area is 189 Å². The van der Waals surface area contributed by atoms with Crippen LogP contribution in [0.4, 0.5) is 10.6 Å². The summed E-state index contributed by atoms with van der Waals surface area (Å²) < 4.78 is 33.6. The first-order chi connectivity index (χ1) is 14.9. The molecule has 0 spiro atoms. The Morgan fingerprint density at radius 2 is 1.81 bits per heavy atom. The van der Waals surface area contributed by atoms with E-state index in [0.717, 1.165) is 29.7 Å². The predicted molar refractivity (Wildman–Crippen MR) is 124 cm³/mol. The molecule has 32 heavy (non-hydrogen) atoms. The van der Waals surface area contributed by atoms with Gasteiger partial charge < -0.3 is 9.64 Å². The number of amides is 1. The number of aromatic nitrogens is 2. The number of fused-ring (bicyclic) bond motifs is 1. The van der Waals surface area contributed by atoms with E-state index in [9.17, 15) is 13.2 Å². The van der Waals surface area contributed by atoms with Crippen LogP contribution in [0.2, 0.25) is 0 Å². The minimum atomic E-state index is -4.02. The number of ether oxygens (including phenoxy) is 1. The summed E-state index contributed by atoms with van der Waals surface area (Å²) in [6.07, 6.45) is 1.43. The summed E-state index contributed by atoms with van der Waals surface area (Å²) in [5, 5.41) is 1.02. The molecule has 1 saturated heterocycles. The SMILES string of the molecule is Cc1cc2ncnc(N3CCCN(CNS(=O)(=O)NC(=O)OC(C)(C)C)CC3)c2cc1C. The molecule has 1 amide bonds. The predicted octanol–water partition coefficient (Wildman–Crippen LogP) is 2.08. The maximum atomic E-state index is 12.2. The zero-order valence-corrected chi connectivity index (χ0v) is 20.1. The molecule has 3 rings (SSSR count). The lowest BCUT2D eigenvalue weighted by Crippen LogP contribution is -2.47. The van der Waals surface area contributed by atoms with Gasteiger partial charge in [0.15, 0.2) is 0 Å². The molecule has 1 fully saturated rings. The van der Waals surface area contributed by atoms with Crippen LogP contribution in [0, 0.1) is 13.8 Å². The smallest absolute Gasteiger partial charge is 0.422 e. The summed E-state index contributed by atoms with van der Waals surface area (Å²) in [5.74, 6) is 0.895. The molecule has 2 heterocycles. The first kappa shape index (κ1) is 24.1. The molecule has 1 aliphatic rings. The maximum Gasteiger partial charge on any atom is 0.422 e. The highest BCUT2D eigenvalue weighted by Gasteiger charge is 2.23. The fraction of sp³-hybridized carbons (Fsp3) is 0.571. The van der Waals surface area contributed by atoms with Gasteiger partial charge in [-0.15, -0.1) is 0 Å². The molecular formula is C21H32N6O4S. The van der Waals surface area contributed by atoms with E-state index in [1.807, 2.05) is 9.62 Å². The molecule has 0 radical (unpaired) electrons. The molecule has 0 saturated carbocycles. The molecule has 1 aromatic carbocycles. The molecule has 1 aromatic heterocycles. The van der Waals surface area contributed by atoms with Crippen LogP contribution in [-0.4, -0.2) is 67.8 Å². The lowest BCUT2D eigenvalue weighted by molar-refractivity contribution is 0.0569. The molecule has 176 valence electrons. The minimum absolute atomic E-state index is 0.0921. The number of rotatable bonds is 5. The van der Waals surface area contributed by atoms with Crippen LogP contribution in [0.1, 0.15) is 38.3 Å². The molecular weight excluding hydrogens is 432 g/mol. The van der Waals surface area contributed by atoms with Crippen LogP contribution in [0.5, 0.6) is 0 Å². The van der Waals surface area contributed by atoms with E-state index in [1.165, 1.54) is 11.1 Å². The Bertz CT molecular complexity index is 1080. The second-order valence-electron chi connectivity index (χ2n) is 9.02. The molecule has 10 nitrogen and oxygen atoms in total. The second-order valence-corrected chi connectivity index (χ2v) is 10.5. The third-order valence-corrected chi connectivity index (χ3v) is 6.16. The summed E-state index contributed by atoms with van der Waals surface area (Å²) in [7, 11) is -4.02. The fourth-order valence-corrected chi connectivity index (χ4v) is 4.20. The topological polar surface area (TPSA) is 117 Å². The van der Waals surface area contributed by atoms with Gasteiger partial charge in [-0.05, 0) is 64.3 Å². The number of anilines is 1. The Morgan fingerprint density at radius 3 is 2.53 bits per heavy atom. The van der Waals surface area contributed by atoms with Crippen molar-refractivity contribution in [3.05, 3.63) is 29.6 Å². The van der Waals surface area contributed by atoms with Gasteiger partial charge in [-0.2, -0.15) is 13.1 Å². The molecule has 1 aliphatic heterocycles. The largest absolute Gasteiger partial charge is 0.443 e. The highest BCUT2D eigenvalue weighted by atomic mass is 32.2. The van der Waals surface area contributed by atoms with E-state index in [-0.39, 0.29) is 6.67 Å². The maximum absolute atomic E-state index is 12.2. The van der Waals surface area contributed by atoms with E-state index in [0.29, 0.717) is 19.6 Å². The number of aryl methyl sites for hydroxylation is 2. The third kappa shape index (κ3) is 6.50. The van der Waals surface area contributed by atoms with Gasteiger partial charge in [0.2, 0.25) is 0 Å². The Hall–Kier alpha value is -2.50. The number of hydrogen-bond donors (Lipinski definition) is 2. The van der Waals surface area contributed by atoms with E-state index in [2.05, 4.69) is 45.6 Å². The summed E-state index contributed by atoms with van der Waals surface area (Å²) in [6, 6.07) is 4.20. The number of hydrogen-bond acceptors (Lipinski definition) is 8. The van der Waals surface area contributed by atoms with Crippen molar-refractivity contribution in [3.63, 3.8) is 0 Å². The van der Waals surface area contributed by atoms with Gasteiger partial charge >= 0.3 is 16.3 Å². The first-order valence-electron chi connectivity index (χ1n) is 10.6. The number of carbonyl (C=O) groups is 1. The van der Waals surface area contributed by atoms with E-state index >= 15 is 0 Å². The van der Waals surface area contributed by atoms with Crippen LogP contribution in [0.25, 0.3) is 10.9 Å². The standard InChI is InChI=1S/C21H32N6O4S/c1-15-11-17-18(12-16(15)2)22-13-23-19(17)27-8-6-7-26(9-10-27)14-24-32(29,30)25-20(28)31-21(3,4)5/h11-13,24H,6-10,14H2,1-5H3,(H,25,28). The van der Waals surface area contributed by atoms with Crippen LogP contribution in [-0.2, 0) is 14.9 Å². The quantitative estimate of drug-likeness (QED) is 0.691. The number of nitrogens with zero attached hydrogens (tertiary/aromatic N) is 4. The van der Waals surface area contributed by atoms with Gasteiger partial charge in [0.1, 0.15) is 17.7 Å². The Morgan fingerprint density at radius 1 is 1.09 bits per heavy atom. The summed E-state index contributed by atoms with van der Waals surface area (Å²) in [5.41, 5.74) is 2.52. The van der Waals surface area contributed by atoms with Crippen LogP contribution < -0.4 is 14.3 Å². The van der Waals surface area contributed by atoms with Gasteiger partial charge in [0.05, 0.1) is 12.2 Å². The minimum Gasteiger partial charge on any atom is -0.443 e. The molecule has 0 unspecified atom stereocenters. The van der Waals surface area contributed by atoms with Crippen molar-refractivity contribution in [1.29, 1.82) is 0 Å². The highest BCUT2D eigenvalue weighted by Crippen LogP contribution is 2.26. The second kappa shape index (κ2) is 9.55. The normalized spacial score (nSPS) is 16.1. The van der Waals surface area contributed by atoms with E-state index in [4.69, 9.17) is 4.74 Å². The van der Waals surface area contributed by atoms with E-state index < -0.39 is 21.9 Å². The van der Waals surface area contributed by atoms with Crippen molar-refractivity contribution < 1.29 is 17.9 Å². The Kier molecular flexibility index (Phi) is 7.21. The van der Waals surface area contributed by atoms with Crippen molar-refractivity contribution in [3.8, 4) is 0 Å². The van der Waals surface area contributed by atoms with Crippen molar-refractivity contribution in [1.82, 2.24) is 24.3 Å². The van der Waals surface area contributed by atoms with Gasteiger partial charge in [0.25, 0.3) is 0 Å². The first-order valence-corrected chi connectivity index (χ1v) is 12.1. The van der Waals surface area contributed by atoms with Gasteiger partial charge in [-0.1, -0.05) is 0 Å². The average Bonchev–Trinajstić information content (AvgIpc) is 2.90. The molecule has 2 aromatic rings. The van der Waals surface area contributed by atoms with Crippen LogP contribution in [0.15, 0.2) is 18.5 Å². The number of carbonyl (C=O) groups excluding carboxylic acids is 1. The van der Waals surface area contributed by atoms with Crippen molar-refractivity contribution >= 4 is 33.0 Å². The number of benzene rings is 1. The Balaban J connectivity index is 1.61. The van der Waals surface area contributed by atoms with Crippen molar-refractivity contribution in [2.75, 3.05) is 37.7 Å². The molecule has 0 atom stereocenters. The molecule has 2 N–H and O–H groups in total. The molecule has 0 aliphatic carbocycles. The van der Waals surface area contributed by atoms with Gasteiger partial charge in [0, 0.05) is 31.6 Å². The lowest BCUT2D eigenvalue weighted by atomic mass is 10.1. The monoisotopic (exact) mass is 464 g/mol. The number of nitrogens with one attached hydrogen (secondary N) is 2. The zero-order chi connectivity index (χ0) is 23.5. The fourth-order valence-electron chi connectivity index (χ4n) is 3.52. The third-order valence-electron chi connectivity index (χ3n) is 5.21. The molecule has 0 bridgehead atoms. The van der Waals surface area contributed by atoms with Crippen LogP contribution in [0.3, 0.4) is 0 Å². The summed E-state index contributed by atoms with van der Waals surface area (Å²) >= 11 is 0. The highest BCUT2D eigenvalue weighted by molar-refractivity contribution is 7.88. The van der Waals surface area contributed by atoms with Crippen LogP contribution >= 0.6 is 0 Å². The van der Waals surface area contributed by atoms with Crippen molar-refractivity contribution in [2.24, 2.45) is 0 Å². The van der Waals surface area contributed by atoms with Crippen molar-refractivity contribution in [2.45, 2.75) is 46.6 Å². The van der Waals surface area contributed by atoms with Gasteiger partial charge in [-0.3, -0.25) is 4.90 Å². The zero-order valence-electron chi connectivity index (χ0n) is 19.3.